The van der Waals surface area contributed by atoms with Gasteiger partial charge in [-0.3, -0.25) is 0 Å². The maximum atomic E-state index is 14.6. The normalized spacial score (nSPS) is 10.9. The molecule has 0 amide bonds. The van der Waals surface area contributed by atoms with Gasteiger partial charge in [-0.05, 0) is 40.8 Å². The van der Waals surface area contributed by atoms with Gasteiger partial charge in [0.05, 0.1) is 7.11 Å². The Bertz CT molecular complexity index is 1100. The standard InChI is InChI=1S/C23H16ClFO/c1-26-23-17-7-3-2-6-15(17)10-12-21(23)19-9-5-4-8-18(19)20-13-11-16(24)14-22(20)25/h2-14H,1H3. The van der Waals surface area contributed by atoms with Crippen molar-refractivity contribution >= 4 is 22.4 Å². The molecule has 0 fully saturated rings. The third kappa shape index (κ3) is 2.83. The van der Waals surface area contributed by atoms with Crippen LogP contribution in [0.25, 0.3) is 33.0 Å². The summed E-state index contributed by atoms with van der Waals surface area (Å²) >= 11 is 5.91. The molecule has 4 aromatic carbocycles. The molecule has 1 nitrogen and oxygen atoms in total. The summed E-state index contributed by atoms with van der Waals surface area (Å²) in [5.41, 5.74) is 3.16. The molecule has 0 atom stereocenters. The lowest BCUT2D eigenvalue weighted by Crippen LogP contribution is -1.93. The number of fused-ring (bicyclic) bond motifs is 1. The fourth-order valence-electron chi connectivity index (χ4n) is 3.34. The first-order valence-corrected chi connectivity index (χ1v) is 8.67. The Morgan fingerprint density at radius 2 is 1.38 bits per heavy atom. The van der Waals surface area contributed by atoms with Crippen molar-refractivity contribution in [2.24, 2.45) is 0 Å². The summed E-state index contributed by atoms with van der Waals surface area (Å²) < 4.78 is 20.3. The second-order valence-corrected chi connectivity index (χ2v) is 6.47. The van der Waals surface area contributed by atoms with Gasteiger partial charge < -0.3 is 4.74 Å². The minimum Gasteiger partial charge on any atom is -0.495 e. The number of ether oxygens (including phenoxy) is 1. The lowest BCUT2D eigenvalue weighted by Gasteiger charge is -2.16. The van der Waals surface area contributed by atoms with Crippen molar-refractivity contribution in [2.75, 3.05) is 7.11 Å². The lowest BCUT2D eigenvalue weighted by molar-refractivity contribution is 0.421. The first-order chi connectivity index (χ1) is 12.7. The van der Waals surface area contributed by atoms with Crippen LogP contribution < -0.4 is 4.74 Å². The van der Waals surface area contributed by atoms with Gasteiger partial charge in [-0.2, -0.15) is 0 Å². The summed E-state index contributed by atoms with van der Waals surface area (Å²) in [6.07, 6.45) is 0. The van der Waals surface area contributed by atoms with E-state index in [-0.39, 0.29) is 5.82 Å². The number of methoxy groups -OCH3 is 1. The number of rotatable bonds is 3. The van der Waals surface area contributed by atoms with Crippen molar-refractivity contribution in [3.05, 3.63) is 89.7 Å². The fourth-order valence-corrected chi connectivity index (χ4v) is 3.49. The van der Waals surface area contributed by atoms with Crippen molar-refractivity contribution in [2.45, 2.75) is 0 Å². The highest BCUT2D eigenvalue weighted by Crippen LogP contribution is 2.41. The molecule has 0 saturated heterocycles. The van der Waals surface area contributed by atoms with Crippen LogP contribution in [0.2, 0.25) is 5.02 Å². The van der Waals surface area contributed by atoms with E-state index >= 15 is 0 Å². The van der Waals surface area contributed by atoms with Gasteiger partial charge in [-0.15, -0.1) is 0 Å². The minimum atomic E-state index is -0.343. The second kappa shape index (κ2) is 6.81. The van der Waals surface area contributed by atoms with Crippen molar-refractivity contribution in [1.82, 2.24) is 0 Å². The lowest BCUT2D eigenvalue weighted by atomic mass is 9.92. The molecule has 4 aromatic rings. The Hall–Kier alpha value is -2.84. The first-order valence-electron chi connectivity index (χ1n) is 8.29. The second-order valence-electron chi connectivity index (χ2n) is 6.04. The zero-order valence-electron chi connectivity index (χ0n) is 14.2. The number of halogens is 2. The molecule has 0 aliphatic carbocycles. The van der Waals surface area contributed by atoms with E-state index in [1.165, 1.54) is 6.07 Å². The molecule has 0 spiro atoms. The summed E-state index contributed by atoms with van der Waals surface area (Å²) in [7, 11) is 1.66. The van der Waals surface area contributed by atoms with Crippen molar-refractivity contribution < 1.29 is 9.13 Å². The maximum Gasteiger partial charge on any atom is 0.134 e. The van der Waals surface area contributed by atoms with Crippen LogP contribution in [0.5, 0.6) is 5.75 Å². The van der Waals surface area contributed by atoms with Crippen molar-refractivity contribution in [3.63, 3.8) is 0 Å². The molecule has 0 aromatic heterocycles. The average molecular weight is 363 g/mol. The van der Waals surface area contributed by atoms with E-state index in [0.717, 1.165) is 33.2 Å². The van der Waals surface area contributed by atoms with E-state index < -0.39 is 0 Å². The summed E-state index contributed by atoms with van der Waals surface area (Å²) in [6, 6.07) is 24.6. The molecule has 0 aliphatic heterocycles. The molecule has 26 heavy (non-hydrogen) atoms. The van der Waals surface area contributed by atoms with E-state index in [1.54, 1.807) is 19.2 Å². The first kappa shape index (κ1) is 16.6. The summed E-state index contributed by atoms with van der Waals surface area (Å²) in [5, 5.41) is 2.51. The molecule has 0 heterocycles. The number of hydrogen-bond donors (Lipinski definition) is 0. The molecule has 0 bridgehead atoms. The third-order valence-electron chi connectivity index (χ3n) is 4.52. The van der Waals surface area contributed by atoms with Crippen LogP contribution in [0.3, 0.4) is 0 Å². The highest BCUT2D eigenvalue weighted by molar-refractivity contribution is 6.30. The number of hydrogen-bond acceptors (Lipinski definition) is 1. The van der Waals surface area contributed by atoms with Gasteiger partial charge in [0, 0.05) is 21.5 Å². The van der Waals surface area contributed by atoms with Crippen LogP contribution >= 0.6 is 11.6 Å². The molecule has 4 rings (SSSR count). The van der Waals surface area contributed by atoms with E-state index in [9.17, 15) is 4.39 Å². The predicted octanol–water partition coefficient (Wildman–Crippen LogP) is 6.97. The maximum absolute atomic E-state index is 14.6. The SMILES string of the molecule is COc1c(-c2ccccc2-c2ccc(Cl)cc2F)ccc2ccccc12. The van der Waals surface area contributed by atoms with Crippen LogP contribution in [-0.2, 0) is 0 Å². The van der Waals surface area contributed by atoms with Gasteiger partial charge in [0.15, 0.2) is 0 Å². The van der Waals surface area contributed by atoms with Gasteiger partial charge in [-0.25, -0.2) is 4.39 Å². The molecule has 128 valence electrons. The van der Waals surface area contributed by atoms with Crippen LogP contribution in [-0.4, -0.2) is 7.11 Å². The average Bonchev–Trinajstić information content (AvgIpc) is 2.67. The minimum absolute atomic E-state index is 0.343. The highest BCUT2D eigenvalue weighted by Gasteiger charge is 2.16. The monoisotopic (exact) mass is 362 g/mol. The Balaban J connectivity index is 1.99. The van der Waals surface area contributed by atoms with E-state index in [0.29, 0.717) is 10.6 Å². The smallest absolute Gasteiger partial charge is 0.134 e. The van der Waals surface area contributed by atoms with Gasteiger partial charge >= 0.3 is 0 Å². The van der Waals surface area contributed by atoms with Crippen LogP contribution in [0, 0.1) is 5.82 Å². The van der Waals surface area contributed by atoms with Gasteiger partial charge in [-0.1, -0.05) is 66.2 Å². The topological polar surface area (TPSA) is 9.23 Å². The molecule has 0 saturated carbocycles. The van der Waals surface area contributed by atoms with Gasteiger partial charge in [0.25, 0.3) is 0 Å². The zero-order valence-corrected chi connectivity index (χ0v) is 14.9. The Labute approximate surface area is 156 Å². The van der Waals surface area contributed by atoms with Crippen LogP contribution in [0.1, 0.15) is 0 Å². The molecule has 0 radical (unpaired) electrons. The van der Waals surface area contributed by atoms with Crippen molar-refractivity contribution in [1.29, 1.82) is 0 Å². The van der Waals surface area contributed by atoms with Crippen molar-refractivity contribution in [3.8, 4) is 28.0 Å². The van der Waals surface area contributed by atoms with E-state index in [1.807, 2.05) is 54.6 Å². The predicted molar refractivity (Wildman–Crippen MR) is 106 cm³/mol. The Kier molecular flexibility index (Phi) is 4.36. The molecule has 0 unspecified atom stereocenters. The summed E-state index contributed by atoms with van der Waals surface area (Å²) in [5.74, 6) is 0.439. The molecule has 0 aliphatic rings. The quantitative estimate of drug-likeness (QED) is 0.382. The highest BCUT2D eigenvalue weighted by atomic mass is 35.5. The summed E-state index contributed by atoms with van der Waals surface area (Å²) in [4.78, 5) is 0. The Morgan fingerprint density at radius 3 is 2.12 bits per heavy atom. The van der Waals surface area contributed by atoms with Crippen LogP contribution in [0.15, 0.2) is 78.9 Å². The number of benzene rings is 4. The Morgan fingerprint density at radius 1 is 0.731 bits per heavy atom. The molecular formula is C23H16ClFO. The fraction of sp³-hybridized carbons (Fsp3) is 0.0435. The van der Waals surface area contributed by atoms with E-state index in [4.69, 9.17) is 16.3 Å². The molecular weight excluding hydrogens is 347 g/mol. The van der Waals surface area contributed by atoms with Crippen LogP contribution in [0.4, 0.5) is 4.39 Å². The molecule has 3 heteroatoms. The van der Waals surface area contributed by atoms with Gasteiger partial charge in [0.1, 0.15) is 11.6 Å². The van der Waals surface area contributed by atoms with Gasteiger partial charge in [0.2, 0.25) is 0 Å². The molecule has 0 N–H and O–H groups in total. The largest absolute Gasteiger partial charge is 0.495 e. The summed E-state index contributed by atoms with van der Waals surface area (Å²) in [6.45, 7) is 0. The van der Waals surface area contributed by atoms with E-state index in [2.05, 4.69) is 6.07 Å². The zero-order chi connectivity index (χ0) is 18.1. The third-order valence-corrected chi connectivity index (χ3v) is 4.76.